The molecule has 1 N–H and O–H groups in total. The van der Waals surface area contributed by atoms with Crippen molar-refractivity contribution in [2.24, 2.45) is 0 Å². The first-order chi connectivity index (χ1) is 6.22. The van der Waals surface area contributed by atoms with E-state index in [0.29, 0.717) is 18.0 Å². The largest absolute Gasteiger partial charge is 0.325 e. The van der Waals surface area contributed by atoms with Crippen LogP contribution in [0.5, 0.6) is 0 Å². The molecule has 1 heterocycles. The van der Waals surface area contributed by atoms with Crippen LogP contribution in [0.1, 0.15) is 12.1 Å². The van der Waals surface area contributed by atoms with Crippen LogP contribution in [-0.4, -0.2) is 16.8 Å². The molecule has 13 heavy (non-hydrogen) atoms. The van der Waals surface area contributed by atoms with Gasteiger partial charge in [-0.25, -0.2) is 0 Å². The normalized spacial score (nSPS) is 9.69. The summed E-state index contributed by atoms with van der Waals surface area (Å²) < 4.78 is 0. The topological polar surface area (TPSA) is 42.0 Å². The van der Waals surface area contributed by atoms with Crippen LogP contribution < -0.4 is 5.32 Å². The zero-order valence-corrected chi connectivity index (χ0v) is 8.14. The van der Waals surface area contributed by atoms with Gasteiger partial charge in [-0.05, 0) is 19.1 Å². The number of pyridine rings is 1. The summed E-state index contributed by atoms with van der Waals surface area (Å²) in [4.78, 5) is 15.1. The van der Waals surface area contributed by atoms with Crippen molar-refractivity contribution in [1.29, 1.82) is 0 Å². The van der Waals surface area contributed by atoms with E-state index in [2.05, 4.69) is 10.3 Å². The number of carbonyl (C=O) groups is 1. The van der Waals surface area contributed by atoms with Crippen molar-refractivity contribution in [3.8, 4) is 0 Å². The van der Waals surface area contributed by atoms with E-state index in [1.165, 1.54) is 0 Å². The molecule has 4 heteroatoms. The van der Waals surface area contributed by atoms with E-state index in [4.69, 9.17) is 11.6 Å². The monoisotopic (exact) mass is 198 g/mol. The highest BCUT2D eigenvalue weighted by Crippen LogP contribution is 2.05. The van der Waals surface area contributed by atoms with Gasteiger partial charge in [0.2, 0.25) is 5.91 Å². The number of carbonyl (C=O) groups excluding carboxylic acids is 1. The molecule has 0 saturated carbocycles. The minimum atomic E-state index is -0.0827. The molecule has 0 bridgehead atoms. The maximum absolute atomic E-state index is 11.1. The molecule has 0 radical (unpaired) electrons. The highest BCUT2D eigenvalue weighted by atomic mass is 35.5. The molecule has 0 unspecified atom stereocenters. The van der Waals surface area contributed by atoms with Gasteiger partial charge >= 0.3 is 0 Å². The third-order valence-corrected chi connectivity index (χ3v) is 1.71. The molecule has 3 nitrogen and oxygen atoms in total. The standard InChI is InChI=1S/C9H11ClN2O/c1-7-2-3-8(6-11-7)12-9(13)4-5-10/h2-3,6H,4-5H2,1H3,(H,12,13). The lowest BCUT2D eigenvalue weighted by molar-refractivity contribution is -0.115. The van der Waals surface area contributed by atoms with Crippen molar-refractivity contribution in [2.75, 3.05) is 11.2 Å². The Bertz CT molecular complexity index is 284. The molecule has 70 valence electrons. The zero-order valence-electron chi connectivity index (χ0n) is 7.38. The van der Waals surface area contributed by atoms with Gasteiger partial charge in [-0.1, -0.05) is 0 Å². The molecule has 0 aliphatic rings. The highest BCUT2D eigenvalue weighted by Gasteiger charge is 2.00. The molecule has 0 fully saturated rings. The number of rotatable bonds is 3. The van der Waals surface area contributed by atoms with Crippen molar-refractivity contribution in [2.45, 2.75) is 13.3 Å². The van der Waals surface area contributed by atoms with Crippen LogP contribution in [0, 0.1) is 6.92 Å². The smallest absolute Gasteiger partial charge is 0.225 e. The average Bonchev–Trinajstić information content (AvgIpc) is 2.09. The molecule has 0 atom stereocenters. The Morgan fingerprint density at radius 2 is 2.38 bits per heavy atom. The Labute approximate surface area is 82.1 Å². The number of alkyl halides is 1. The third-order valence-electron chi connectivity index (χ3n) is 1.52. The van der Waals surface area contributed by atoms with Crippen LogP contribution in [0.15, 0.2) is 18.3 Å². The number of aryl methyl sites for hydroxylation is 1. The number of nitrogens with zero attached hydrogens (tertiary/aromatic N) is 1. The fourth-order valence-corrected chi connectivity index (χ4v) is 1.02. The second kappa shape index (κ2) is 4.82. The van der Waals surface area contributed by atoms with Gasteiger partial charge < -0.3 is 5.32 Å². The van der Waals surface area contributed by atoms with Crippen LogP contribution in [0.25, 0.3) is 0 Å². The molecule has 0 saturated heterocycles. The number of aromatic nitrogens is 1. The van der Waals surface area contributed by atoms with Gasteiger partial charge in [-0.2, -0.15) is 0 Å². The molecule has 0 aliphatic carbocycles. The minimum Gasteiger partial charge on any atom is -0.325 e. The lowest BCUT2D eigenvalue weighted by Crippen LogP contribution is -2.11. The maximum Gasteiger partial charge on any atom is 0.225 e. The Morgan fingerprint density at radius 1 is 1.62 bits per heavy atom. The van der Waals surface area contributed by atoms with Crippen molar-refractivity contribution in [3.63, 3.8) is 0 Å². The van der Waals surface area contributed by atoms with Gasteiger partial charge in [0.05, 0.1) is 11.9 Å². The summed E-state index contributed by atoms with van der Waals surface area (Å²) in [7, 11) is 0. The molecule has 1 aromatic rings. The fraction of sp³-hybridized carbons (Fsp3) is 0.333. The van der Waals surface area contributed by atoms with E-state index < -0.39 is 0 Å². The average molecular weight is 199 g/mol. The van der Waals surface area contributed by atoms with Crippen LogP contribution >= 0.6 is 11.6 Å². The number of halogens is 1. The summed E-state index contributed by atoms with van der Waals surface area (Å²) in [6.07, 6.45) is 1.96. The van der Waals surface area contributed by atoms with E-state index in [1.807, 2.05) is 19.1 Å². The number of anilines is 1. The highest BCUT2D eigenvalue weighted by molar-refractivity contribution is 6.19. The van der Waals surface area contributed by atoms with E-state index in [0.717, 1.165) is 5.69 Å². The quantitative estimate of drug-likeness (QED) is 0.755. The number of amides is 1. The second-order valence-corrected chi connectivity index (χ2v) is 3.05. The Balaban J connectivity index is 2.54. The first-order valence-electron chi connectivity index (χ1n) is 4.01. The van der Waals surface area contributed by atoms with Gasteiger partial charge in [0.15, 0.2) is 0 Å². The molecule has 1 rings (SSSR count). The van der Waals surface area contributed by atoms with E-state index in [-0.39, 0.29) is 5.91 Å². The predicted octanol–water partition coefficient (Wildman–Crippen LogP) is 1.96. The summed E-state index contributed by atoms with van der Waals surface area (Å²) in [5, 5.41) is 2.68. The molecular formula is C9H11ClN2O. The third kappa shape index (κ3) is 3.42. The van der Waals surface area contributed by atoms with E-state index in [9.17, 15) is 4.79 Å². The molecule has 0 aliphatic heterocycles. The lowest BCUT2D eigenvalue weighted by Gasteiger charge is -2.02. The van der Waals surface area contributed by atoms with E-state index >= 15 is 0 Å². The summed E-state index contributed by atoms with van der Waals surface area (Å²) in [5.74, 6) is 0.256. The fourth-order valence-electron chi connectivity index (χ4n) is 0.851. The summed E-state index contributed by atoms with van der Waals surface area (Å²) in [6, 6.07) is 3.66. The second-order valence-electron chi connectivity index (χ2n) is 2.68. The summed E-state index contributed by atoms with van der Waals surface area (Å²) in [5.41, 5.74) is 1.64. The summed E-state index contributed by atoms with van der Waals surface area (Å²) in [6.45, 7) is 1.89. The number of hydrogen-bond acceptors (Lipinski definition) is 2. The van der Waals surface area contributed by atoms with Crippen molar-refractivity contribution in [3.05, 3.63) is 24.0 Å². The Hall–Kier alpha value is -1.09. The molecular weight excluding hydrogens is 188 g/mol. The SMILES string of the molecule is Cc1ccc(NC(=O)CCCl)cn1. The van der Waals surface area contributed by atoms with Crippen LogP contribution in [0.4, 0.5) is 5.69 Å². The molecule has 1 aromatic heterocycles. The predicted molar refractivity (Wildman–Crippen MR) is 52.9 cm³/mol. The Morgan fingerprint density at radius 3 is 2.92 bits per heavy atom. The number of nitrogens with one attached hydrogen (secondary N) is 1. The van der Waals surface area contributed by atoms with Crippen molar-refractivity contribution >= 4 is 23.2 Å². The van der Waals surface area contributed by atoms with Crippen LogP contribution in [-0.2, 0) is 4.79 Å². The minimum absolute atomic E-state index is 0.0827. The molecule has 0 spiro atoms. The van der Waals surface area contributed by atoms with Crippen molar-refractivity contribution in [1.82, 2.24) is 4.98 Å². The van der Waals surface area contributed by atoms with Crippen molar-refractivity contribution < 1.29 is 4.79 Å². The zero-order chi connectivity index (χ0) is 9.68. The number of hydrogen-bond donors (Lipinski definition) is 1. The first-order valence-corrected chi connectivity index (χ1v) is 4.54. The molecule has 0 aromatic carbocycles. The van der Waals surface area contributed by atoms with Crippen LogP contribution in [0.2, 0.25) is 0 Å². The van der Waals surface area contributed by atoms with Gasteiger partial charge in [0.25, 0.3) is 0 Å². The summed E-state index contributed by atoms with van der Waals surface area (Å²) >= 11 is 5.41. The Kier molecular flexibility index (Phi) is 3.71. The first kappa shape index (κ1) is 9.99. The lowest BCUT2D eigenvalue weighted by atomic mass is 10.3. The van der Waals surface area contributed by atoms with Gasteiger partial charge in [0, 0.05) is 18.0 Å². The molecule has 1 amide bonds. The van der Waals surface area contributed by atoms with Gasteiger partial charge in [-0.3, -0.25) is 9.78 Å². The van der Waals surface area contributed by atoms with E-state index in [1.54, 1.807) is 6.20 Å². The van der Waals surface area contributed by atoms with Gasteiger partial charge in [0.1, 0.15) is 0 Å². The van der Waals surface area contributed by atoms with Crippen LogP contribution in [0.3, 0.4) is 0 Å². The van der Waals surface area contributed by atoms with Gasteiger partial charge in [-0.15, -0.1) is 11.6 Å². The maximum atomic E-state index is 11.1.